The van der Waals surface area contributed by atoms with Gasteiger partial charge in [0.25, 0.3) is 5.69 Å². The van der Waals surface area contributed by atoms with E-state index in [1.54, 1.807) is 22.6 Å². The van der Waals surface area contributed by atoms with E-state index < -0.39 is 57.7 Å². The highest BCUT2D eigenvalue weighted by molar-refractivity contribution is 14.1. The number of amides is 1. The van der Waals surface area contributed by atoms with E-state index >= 15 is 0 Å². The molecular weight excluding hydrogens is 593 g/mol. The largest absolute Gasteiger partial charge is 0.423 e. The molecule has 2 N–H and O–H groups in total. The van der Waals surface area contributed by atoms with Crippen molar-refractivity contribution in [2.45, 2.75) is 24.2 Å². The molecule has 2 rings (SSSR count). The number of nitro benzene ring substituents is 1. The number of anilines is 1. The lowest BCUT2D eigenvalue weighted by molar-refractivity contribution is -0.388. The van der Waals surface area contributed by atoms with Crippen LogP contribution in [-0.2, 0) is 17.1 Å². The number of carbonyl (C=O) groups is 1. The Bertz CT molecular complexity index is 1060. The number of hydrogen-bond acceptors (Lipinski definition) is 5. The Morgan fingerprint density at radius 2 is 1.76 bits per heavy atom. The van der Waals surface area contributed by atoms with Crippen molar-refractivity contribution in [2.24, 2.45) is 5.41 Å². The number of aliphatic hydroxyl groups excluding tert-OH is 1. The van der Waals surface area contributed by atoms with Crippen molar-refractivity contribution >= 4 is 51.6 Å². The molecule has 1 amide bonds. The Balaban J connectivity index is 2.24. The minimum atomic E-state index is -5.06. The lowest BCUT2D eigenvalue weighted by atomic mass is 9.93. The van der Waals surface area contributed by atoms with Crippen molar-refractivity contribution in [1.29, 1.82) is 0 Å². The van der Waals surface area contributed by atoms with E-state index in [-0.39, 0.29) is 10.6 Å². The van der Waals surface area contributed by atoms with Crippen LogP contribution in [0.25, 0.3) is 0 Å². The fraction of sp³-hybridized carbons (Fsp3) is 0.316. The summed E-state index contributed by atoms with van der Waals surface area (Å²) in [6.07, 6.45) is -9.64. The van der Waals surface area contributed by atoms with Crippen molar-refractivity contribution in [3.05, 3.63) is 61.2 Å². The molecule has 0 heterocycles. The van der Waals surface area contributed by atoms with Crippen LogP contribution in [0.4, 0.5) is 37.7 Å². The first-order chi connectivity index (χ1) is 15.1. The number of nitrogens with one attached hydrogen (secondary N) is 1. The molecule has 0 fully saturated rings. The Morgan fingerprint density at radius 1 is 1.12 bits per heavy atom. The minimum absolute atomic E-state index is 0.177. The zero-order valence-corrected chi connectivity index (χ0v) is 19.5. The fourth-order valence-corrected chi connectivity index (χ4v) is 4.53. The van der Waals surface area contributed by atoms with Gasteiger partial charge in [0.1, 0.15) is 5.56 Å². The molecule has 0 aliphatic carbocycles. The summed E-state index contributed by atoms with van der Waals surface area (Å²) in [5.74, 6) is -1.12. The Kier molecular flexibility index (Phi) is 8.27. The van der Waals surface area contributed by atoms with Gasteiger partial charge in [-0.1, -0.05) is 0 Å². The number of hydrogen-bond donors (Lipinski definition) is 2. The Morgan fingerprint density at radius 3 is 2.27 bits per heavy atom. The molecule has 0 saturated heterocycles. The Labute approximate surface area is 201 Å². The normalized spacial score (nSPS) is 14.0. The first-order valence-electron chi connectivity index (χ1n) is 8.85. The van der Waals surface area contributed by atoms with Gasteiger partial charge in [0.05, 0.1) is 22.5 Å². The van der Waals surface area contributed by atoms with Crippen molar-refractivity contribution < 1.29 is 41.2 Å². The zero-order valence-electron chi connectivity index (χ0n) is 16.6. The topological polar surface area (TPSA) is 92.5 Å². The van der Waals surface area contributed by atoms with Gasteiger partial charge >= 0.3 is 12.4 Å². The second-order valence-corrected chi connectivity index (χ2v) is 9.42. The van der Waals surface area contributed by atoms with Crippen LogP contribution in [-0.4, -0.2) is 28.3 Å². The molecule has 180 valence electrons. The third-order valence-corrected chi connectivity index (χ3v) is 6.38. The van der Waals surface area contributed by atoms with Gasteiger partial charge < -0.3 is 10.4 Å². The second kappa shape index (κ2) is 10.0. The molecule has 0 radical (unpaired) electrons. The number of benzene rings is 2. The summed E-state index contributed by atoms with van der Waals surface area (Å²) in [5.41, 5.74) is -5.64. The van der Waals surface area contributed by atoms with Gasteiger partial charge in [-0.2, -0.15) is 26.3 Å². The summed E-state index contributed by atoms with van der Waals surface area (Å²) in [6, 6.07) is 5.17. The summed E-state index contributed by atoms with van der Waals surface area (Å²) in [7, 11) is 0. The highest BCUT2D eigenvalue weighted by atomic mass is 127. The molecule has 0 spiro atoms. The molecule has 2 aromatic rings. The molecule has 2 aromatic carbocycles. The maximum atomic E-state index is 13.1. The van der Waals surface area contributed by atoms with E-state index in [1.165, 1.54) is 13.0 Å². The molecule has 0 bridgehead atoms. The van der Waals surface area contributed by atoms with Crippen LogP contribution in [0.15, 0.2) is 41.3 Å². The van der Waals surface area contributed by atoms with Gasteiger partial charge in [-0.25, -0.2) is 0 Å². The van der Waals surface area contributed by atoms with Gasteiger partial charge in [0, 0.05) is 26.0 Å². The van der Waals surface area contributed by atoms with E-state index in [0.29, 0.717) is 15.7 Å². The fourth-order valence-electron chi connectivity index (χ4n) is 2.52. The SMILES string of the molecule is CC(CO)(CSc1cc(I)cc(C(F)(F)F)c1)C(=O)Nc1ccc([N+](=O)[O-])c(C(F)(F)F)c1. The number of nitrogens with zero attached hydrogens (tertiary/aromatic N) is 1. The van der Waals surface area contributed by atoms with E-state index in [9.17, 15) is 46.4 Å². The molecule has 0 aliphatic rings. The number of carbonyl (C=O) groups excluding carboxylic acids is 1. The van der Waals surface area contributed by atoms with Crippen LogP contribution >= 0.6 is 34.4 Å². The van der Waals surface area contributed by atoms with Crippen LogP contribution in [0.3, 0.4) is 0 Å². The Hall–Kier alpha value is -2.07. The van der Waals surface area contributed by atoms with Crippen LogP contribution in [0, 0.1) is 19.1 Å². The zero-order chi connectivity index (χ0) is 25.2. The van der Waals surface area contributed by atoms with Crippen molar-refractivity contribution in [1.82, 2.24) is 0 Å². The van der Waals surface area contributed by atoms with Crippen molar-refractivity contribution in [3.63, 3.8) is 0 Å². The molecule has 14 heteroatoms. The van der Waals surface area contributed by atoms with Crippen molar-refractivity contribution in [3.8, 4) is 0 Å². The van der Waals surface area contributed by atoms with E-state index in [0.717, 1.165) is 30.0 Å². The lowest BCUT2D eigenvalue weighted by Gasteiger charge is -2.26. The van der Waals surface area contributed by atoms with E-state index in [2.05, 4.69) is 5.32 Å². The summed E-state index contributed by atoms with van der Waals surface area (Å²) >= 11 is 2.56. The van der Waals surface area contributed by atoms with Crippen LogP contribution < -0.4 is 5.32 Å². The number of halogens is 7. The van der Waals surface area contributed by atoms with E-state index in [1.807, 2.05) is 0 Å². The predicted octanol–water partition coefficient (Wildman–Crippen LogP) is 5.97. The molecule has 0 aromatic heterocycles. The van der Waals surface area contributed by atoms with Gasteiger partial charge in [0.2, 0.25) is 5.91 Å². The van der Waals surface area contributed by atoms with Crippen LogP contribution in [0.5, 0.6) is 0 Å². The standard InChI is InChI=1S/C19H15F6IN2O4S/c1-17(8-29,9-33-13-5-10(18(20,21)22)4-11(26)6-13)16(30)27-12-2-3-15(28(31)32)14(7-12)19(23,24)25/h2-7,29H,8-9H2,1H3,(H,27,30). The minimum Gasteiger partial charge on any atom is -0.395 e. The maximum Gasteiger partial charge on any atom is 0.423 e. The molecule has 0 aliphatic heterocycles. The summed E-state index contributed by atoms with van der Waals surface area (Å²) in [4.78, 5) is 22.5. The first kappa shape index (κ1) is 27.2. The highest BCUT2D eigenvalue weighted by Crippen LogP contribution is 2.39. The quantitative estimate of drug-likeness (QED) is 0.133. The van der Waals surface area contributed by atoms with Gasteiger partial charge in [-0.15, -0.1) is 11.8 Å². The molecular formula is C19H15F6IN2O4S. The molecule has 1 unspecified atom stereocenters. The molecule has 33 heavy (non-hydrogen) atoms. The van der Waals surface area contributed by atoms with Gasteiger partial charge in [-0.3, -0.25) is 14.9 Å². The van der Waals surface area contributed by atoms with Gasteiger partial charge in [-0.05, 0) is 59.8 Å². The van der Waals surface area contributed by atoms with Crippen LogP contribution in [0.1, 0.15) is 18.1 Å². The number of alkyl halides is 6. The predicted molar refractivity (Wildman–Crippen MR) is 117 cm³/mol. The average molecular weight is 608 g/mol. The third kappa shape index (κ3) is 6.96. The monoisotopic (exact) mass is 608 g/mol. The summed E-state index contributed by atoms with van der Waals surface area (Å²) in [6.45, 7) is 0.519. The molecule has 6 nitrogen and oxygen atoms in total. The summed E-state index contributed by atoms with van der Waals surface area (Å²) < 4.78 is 78.8. The molecule has 0 saturated carbocycles. The first-order valence-corrected chi connectivity index (χ1v) is 10.9. The number of nitro groups is 1. The number of rotatable bonds is 7. The second-order valence-electron chi connectivity index (χ2n) is 7.12. The van der Waals surface area contributed by atoms with Crippen molar-refractivity contribution in [2.75, 3.05) is 17.7 Å². The summed E-state index contributed by atoms with van der Waals surface area (Å²) in [5, 5.41) is 22.8. The average Bonchev–Trinajstić information content (AvgIpc) is 2.70. The maximum absolute atomic E-state index is 13.1. The number of thioether (sulfide) groups is 1. The third-order valence-electron chi connectivity index (χ3n) is 4.41. The van der Waals surface area contributed by atoms with Crippen LogP contribution in [0.2, 0.25) is 0 Å². The highest BCUT2D eigenvalue weighted by Gasteiger charge is 2.39. The lowest BCUT2D eigenvalue weighted by Crippen LogP contribution is -2.39. The smallest absolute Gasteiger partial charge is 0.395 e. The molecule has 1 atom stereocenters. The number of aliphatic hydroxyl groups is 1. The van der Waals surface area contributed by atoms with E-state index in [4.69, 9.17) is 0 Å². The van der Waals surface area contributed by atoms with Gasteiger partial charge in [0.15, 0.2) is 0 Å².